The van der Waals surface area contributed by atoms with Gasteiger partial charge in [-0.1, -0.05) is 45.4 Å². The summed E-state index contributed by atoms with van der Waals surface area (Å²) >= 11 is 0. The van der Waals surface area contributed by atoms with Crippen LogP contribution in [0.25, 0.3) is 0 Å². The van der Waals surface area contributed by atoms with Crippen LogP contribution in [0, 0.1) is 23.2 Å². The van der Waals surface area contributed by atoms with Crippen LogP contribution in [0.4, 0.5) is 0 Å². The van der Waals surface area contributed by atoms with Crippen molar-refractivity contribution < 1.29 is 14.7 Å². The molecule has 2 saturated carbocycles. The molecule has 1 aliphatic heterocycles. The average Bonchev–Trinajstić information content (AvgIpc) is 3.29. The Morgan fingerprint density at radius 2 is 1.83 bits per heavy atom. The smallest absolute Gasteiger partial charge is 0.307 e. The lowest BCUT2D eigenvalue weighted by molar-refractivity contribution is -0.140. The molecule has 1 amide bonds. The van der Waals surface area contributed by atoms with E-state index >= 15 is 0 Å². The number of rotatable bonds is 6. The van der Waals surface area contributed by atoms with Crippen LogP contribution in [0.3, 0.4) is 0 Å². The molecule has 2 aliphatic carbocycles. The topological polar surface area (TPSA) is 57.6 Å². The molecule has 4 heteroatoms. The van der Waals surface area contributed by atoms with E-state index in [1.54, 1.807) is 0 Å². The molecule has 0 aromatic carbocycles. The minimum Gasteiger partial charge on any atom is -0.481 e. The van der Waals surface area contributed by atoms with Crippen molar-refractivity contribution in [2.75, 3.05) is 13.1 Å². The molecule has 1 heterocycles. The van der Waals surface area contributed by atoms with Crippen LogP contribution >= 0.6 is 0 Å². The molecule has 136 valence electrons. The van der Waals surface area contributed by atoms with Gasteiger partial charge in [0.25, 0.3) is 0 Å². The lowest BCUT2D eigenvalue weighted by atomic mass is 9.80. The molecule has 0 bridgehead atoms. The van der Waals surface area contributed by atoms with Crippen molar-refractivity contribution in [1.82, 2.24) is 4.90 Å². The highest BCUT2D eigenvalue weighted by molar-refractivity contribution is 5.79. The maximum absolute atomic E-state index is 13.0. The van der Waals surface area contributed by atoms with E-state index in [0.29, 0.717) is 5.91 Å². The van der Waals surface area contributed by atoms with Gasteiger partial charge in [-0.05, 0) is 43.4 Å². The first-order valence-corrected chi connectivity index (χ1v) is 10.1. The summed E-state index contributed by atoms with van der Waals surface area (Å²) in [5, 5.41) is 9.21. The molecule has 0 aromatic heterocycles. The van der Waals surface area contributed by atoms with Crippen molar-refractivity contribution in [3.8, 4) is 0 Å². The van der Waals surface area contributed by atoms with Crippen molar-refractivity contribution in [2.45, 2.75) is 77.6 Å². The maximum Gasteiger partial charge on any atom is 0.307 e. The highest BCUT2D eigenvalue weighted by atomic mass is 16.4. The van der Waals surface area contributed by atoms with E-state index in [4.69, 9.17) is 0 Å². The van der Waals surface area contributed by atoms with Gasteiger partial charge in [-0.3, -0.25) is 9.59 Å². The number of carboxylic acids is 1. The predicted octanol–water partition coefficient (Wildman–Crippen LogP) is 4.09. The Morgan fingerprint density at radius 3 is 2.38 bits per heavy atom. The van der Waals surface area contributed by atoms with E-state index in [2.05, 4.69) is 6.92 Å². The number of amides is 1. The molecule has 2 atom stereocenters. The highest BCUT2D eigenvalue weighted by Crippen LogP contribution is 2.59. The molecule has 2 unspecified atom stereocenters. The lowest BCUT2D eigenvalue weighted by Gasteiger charge is -2.36. The summed E-state index contributed by atoms with van der Waals surface area (Å²) < 4.78 is 0. The summed E-state index contributed by atoms with van der Waals surface area (Å²) in [5.41, 5.74) is 0.0201. The Bertz CT molecular complexity index is 462. The monoisotopic (exact) mass is 335 g/mol. The van der Waals surface area contributed by atoms with E-state index in [9.17, 15) is 14.7 Å². The van der Waals surface area contributed by atoms with Crippen molar-refractivity contribution in [3.63, 3.8) is 0 Å². The minimum absolute atomic E-state index is 0.0201. The van der Waals surface area contributed by atoms with Crippen molar-refractivity contribution in [2.24, 2.45) is 23.2 Å². The third-order valence-corrected chi connectivity index (χ3v) is 6.89. The van der Waals surface area contributed by atoms with Crippen LogP contribution in [0.1, 0.15) is 77.6 Å². The first-order chi connectivity index (χ1) is 11.6. The van der Waals surface area contributed by atoms with Gasteiger partial charge in [0.2, 0.25) is 5.91 Å². The molecule has 0 radical (unpaired) electrons. The van der Waals surface area contributed by atoms with E-state index in [1.165, 1.54) is 32.1 Å². The summed E-state index contributed by atoms with van der Waals surface area (Å²) in [6, 6.07) is 0. The zero-order valence-corrected chi connectivity index (χ0v) is 15.1. The molecule has 24 heavy (non-hydrogen) atoms. The number of piperidine rings is 1. The molecule has 1 saturated heterocycles. The average molecular weight is 335 g/mol. The van der Waals surface area contributed by atoms with Crippen molar-refractivity contribution in [1.29, 1.82) is 0 Å². The Balaban J connectivity index is 1.52. The van der Waals surface area contributed by atoms with E-state index in [-0.39, 0.29) is 17.3 Å². The Labute approximate surface area is 146 Å². The number of hydrogen-bond acceptors (Lipinski definition) is 2. The van der Waals surface area contributed by atoms with Crippen LogP contribution < -0.4 is 0 Å². The largest absolute Gasteiger partial charge is 0.481 e. The Kier molecular flexibility index (Phi) is 5.51. The van der Waals surface area contributed by atoms with Crippen LogP contribution in [-0.2, 0) is 9.59 Å². The predicted molar refractivity (Wildman–Crippen MR) is 93.6 cm³/mol. The van der Waals surface area contributed by atoms with Gasteiger partial charge < -0.3 is 10.0 Å². The van der Waals surface area contributed by atoms with Crippen molar-refractivity contribution >= 4 is 11.9 Å². The Hall–Kier alpha value is -1.06. The molecule has 0 aromatic rings. The van der Waals surface area contributed by atoms with Gasteiger partial charge in [-0.25, -0.2) is 0 Å². The third-order valence-electron chi connectivity index (χ3n) is 6.89. The van der Waals surface area contributed by atoms with Gasteiger partial charge in [0.05, 0.1) is 5.92 Å². The first-order valence-electron chi connectivity index (χ1n) is 10.1. The van der Waals surface area contributed by atoms with Gasteiger partial charge in [-0.2, -0.15) is 0 Å². The van der Waals surface area contributed by atoms with Gasteiger partial charge in [0.15, 0.2) is 0 Å². The third kappa shape index (κ3) is 3.78. The van der Waals surface area contributed by atoms with Crippen LogP contribution in [0.5, 0.6) is 0 Å². The number of carboxylic acid groups (broad SMARTS) is 1. The molecular formula is C20H33NO3. The maximum atomic E-state index is 13.0. The number of likely N-dealkylation sites (tertiary alicyclic amines) is 1. The molecular weight excluding hydrogens is 302 g/mol. The fourth-order valence-corrected chi connectivity index (χ4v) is 5.20. The van der Waals surface area contributed by atoms with Crippen LogP contribution in [0.2, 0.25) is 0 Å². The highest BCUT2D eigenvalue weighted by Gasteiger charge is 2.59. The number of aliphatic carboxylic acids is 1. The zero-order valence-electron chi connectivity index (χ0n) is 15.1. The molecule has 3 aliphatic rings. The summed E-state index contributed by atoms with van der Waals surface area (Å²) in [5.74, 6) is 0.501. The SMILES string of the molecule is CCCC(CC1CCCCC1)C(=O)N1CCC2(CC1)CC2C(=O)O. The standard InChI is InChI=1S/C20H33NO3/c1-2-6-16(13-15-7-4-3-5-8-15)18(22)21-11-9-20(10-12-21)14-17(20)19(23)24/h15-17H,2-14H2,1H3,(H,23,24). The summed E-state index contributed by atoms with van der Waals surface area (Å²) in [6.07, 6.45) is 12.4. The molecule has 1 spiro atoms. The number of nitrogens with zero attached hydrogens (tertiary/aromatic N) is 1. The number of carbonyl (C=O) groups is 2. The van der Waals surface area contributed by atoms with Gasteiger partial charge in [0.1, 0.15) is 0 Å². The van der Waals surface area contributed by atoms with E-state index in [1.807, 2.05) is 4.90 Å². The minimum atomic E-state index is -0.643. The van der Waals surface area contributed by atoms with Crippen LogP contribution in [0.15, 0.2) is 0 Å². The quantitative estimate of drug-likeness (QED) is 0.795. The number of carbonyl (C=O) groups excluding carboxylic acids is 1. The fourth-order valence-electron chi connectivity index (χ4n) is 5.20. The fraction of sp³-hybridized carbons (Fsp3) is 0.900. The molecule has 3 fully saturated rings. The second kappa shape index (κ2) is 7.45. The summed E-state index contributed by atoms with van der Waals surface area (Å²) in [4.78, 5) is 26.3. The molecule has 3 rings (SSSR count). The summed E-state index contributed by atoms with van der Waals surface area (Å²) in [7, 11) is 0. The van der Waals surface area contributed by atoms with Gasteiger partial charge in [0, 0.05) is 19.0 Å². The van der Waals surface area contributed by atoms with Gasteiger partial charge >= 0.3 is 5.97 Å². The van der Waals surface area contributed by atoms with E-state index in [0.717, 1.165) is 57.5 Å². The zero-order chi connectivity index (χ0) is 17.2. The van der Waals surface area contributed by atoms with Crippen molar-refractivity contribution in [3.05, 3.63) is 0 Å². The first kappa shape index (κ1) is 17.8. The van der Waals surface area contributed by atoms with Gasteiger partial charge in [-0.15, -0.1) is 0 Å². The normalized spacial score (nSPS) is 27.9. The molecule has 4 nitrogen and oxygen atoms in total. The molecule has 1 N–H and O–H groups in total. The second-order valence-corrected chi connectivity index (χ2v) is 8.51. The van der Waals surface area contributed by atoms with Crippen LogP contribution in [-0.4, -0.2) is 35.0 Å². The number of hydrogen-bond donors (Lipinski definition) is 1. The second-order valence-electron chi connectivity index (χ2n) is 8.51. The lowest BCUT2D eigenvalue weighted by Crippen LogP contribution is -2.43. The van der Waals surface area contributed by atoms with E-state index < -0.39 is 5.97 Å². The Morgan fingerprint density at radius 1 is 1.17 bits per heavy atom. The summed E-state index contributed by atoms with van der Waals surface area (Å²) in [6.45, 7) is 3.72.